The summed E-state index contributed by atoms with van der Waals surface area (Å²) in [5.41, 5.74) is 0.139. The molecule has 0 spiro atoms. The summed E-state index contributed by atoms with van der Waals surface area (Å²) < 4.78 is 48.2. The summed E-state index contributed by atoms with van der Waals surface area (Å²) >= 11 is 6.21. The third-order valence-electron chi connectivity index (χ3n) is 9.39. The number of halogens is 4. The Labute approximate surface area is 302 Å². The van der Waals surface area contributed by atoms with E-state index in [9.17, 15) is 32.7 Å². The van der Waals surface area contributed by atoms with Gasteiger partial charge in [0.2, 0.25) is 11.7 Å². The summed E-state index contributed by atoms with van der Waals surface area (Å²) in [6, 6.07) is 2.21. The van der Waals surface area contributed by atoms with Crippen molar-refractivity contribution in [2.24, 2.45) is 0 Å². The highest BCUT2D eigenvalue weighted by molar-refractivity contribution is 6.50. The van der Waals surface area contributed by atoms with Crippen LogP contribution in [0, 0.1) is 6.92 Å². The number of nitrogens with zero attached hydrogens (tertiary/aromatic N) is 8. The number of benzene rings is 1. The Bertz CT molecular complexity index is 2180. The van der Waals surface area contributed by atoms with Gasteiger partial charge >= 0.3 is 6.18 Å². The molecule has 0 bridgehead atoms. The molecule has 272 valence electrons. The molecule has 2 aliphatic rings. The van der Waals surface area contributed by atoms with Crippen molar-refractivity contribution in [2.75, 3.05) is 43.1 Å². The van der Waals surface area contributed by atoms with Crippen LogP contribution in [0.15, 0.2) is 35.4 Å². The molecule has 1 fully saturated rings. The first-order chi connectivity index (χ1) is 24.5. The van der Waals surface area contributed by atoms with Gasteiger partial charge in [0.05, 0.1) is 40.5 Å². The zero-order chi connectivity index (χ0) is 37.7. The van der Waals surface area contributed by atoms with Crippen molar-refractivity contribution in [2.45, 2.75) is 51.2 Å². The van der Waals surface area contributed by atoms with E-state index in [0.717, 1.165) is 28.3 Å². The number of rotatable bonds is 7. The van der Waals surface area contributed by atoms with Gasteiger partial charge in [-0.2, -0.15) is 22.7 Å². The summed E-state index contributed by atoms with van der Waals surface area (Å²) in [7, 11) is 3.20. The van der Waals surface area contributed by atoms with Crippen molar-refractivity contribution in [3.05, 3.63) is 74.4 Å². The molecule has 2 amide bonds. The number of aromatic nitrogens is 6. The van der Waals surface area contributed by atoms with Crippen LogP contribution >= 0.6 is 11.6 Å². The minimum Gasteiger partial charge on any atom is -0.504 e. The molecule has 5 heterocycles. The van der Waals surface area contributed by atoms with Crippen LogP contribution in [0.5, 0.6) is 5.75 Å². The molecule has 1 aromatic carbocycles. The minimum atomic E-state index is -4.63. The van der Waals surface area contributed by atoms with Gasteiger partial charge in [0.15, 0.2) is 17.3 Å². The number of ether oxygens (including phenoxy) is 1. The first kappa shape index (κ1) is 36.9. The van der Waals surface area contributed by atoms with Gasteiger partial charge < -0.3 is 29.5 Å². The Balaban J connectivity index is 1.43. The second-order valence-corrected chi connectivity index (χ2v) is 13.6. The van der Waals surface area contributed by atoms with Gasteiger partial charge in [-0.25, -0.2) is 9.97 Å². The van der Waals surface area contributed by atoms with Crippen LogP contribution in [0.2, 0.25) is 5.02 Å². The fourth-order valence-electron chi connectivity index (χ4n) is 6.52. The van der Waals surface area contributed by atoms with Crippen molar-refractivity contribution in [1.29, 1.82) is 0 Å². The minimum absolute atomic E-state index is 0.0304. The number of hydrogen-bond acceptors (Lipinski definition) is 10. The van der Waals surface area contributed by atoms with Gasteiger partial charge in [0.25, 0.3) is 11.5 Å². The molecule has 6 rings (SSSR count). The summed E-state index contributed by atoms with van der Waals surface area (Å²) in [6.07, 6.45) is -0.824. The maximum Gasteiger partial charge on any atom is 0.416 e. The average molecular weight is 740 g/mol. The number of fused-ring (bicyclic) bond motifs is 1. The highest BCUT2D eigenvalue weighted by Crippen LogP contribution is 2.35. The zero-order valence-electron chi connectivity index (χ0n) is 29.1. The fraction of sp³-hybridized carbons (Fsp3) is 0.406. The lowest BCUT2D eigenvalue weighted by atomic mass is 9.60. The van der Waals surface area contributed by atoms with Crippen LogP contribution in [-0.2, 0) is 27.5 Å². The van der Waals surface area contributed by atoms with Crippen LogP contribution in [0.1, 0.15) is 53.5 Å². The van der Waals surface area contributed by atoms with E-state index in [1.54, 1.807) is 32.1 Å². The Kier molecular flexibility index (Phi) is 9.87. The topological polar surface area (TPSA) is 160 Å². The van der Waals surface area contributed by atoms with Crippen LogP contribution in [0.3, 0.4) is 0 Å². The van der Waals surface area contributed by atoms with E-state index in [0.29, 0.717) is 31.2 Å². The molecule has 0 aliphatic carbocycles. The molecule has 4 aromatic rings. The number of hydrogen-bond donors (Lipinski definition) is 2. The molecule has 52 heavy (non-hydrogen) atoms. The summed E-state index contributed by atoms with van der Waals surface area (Å²) in [5, 5.41) is 15.9. The maximum atomic E-state index is 14.4. The van der Waals surface area contributed by atoms with Gasteiger partial charge in [-0.3, -0.25) is 14.4 Å². The van der Waals surface area contributed by atoms with E-state index in [4.69, 9.17) is 21.3 Å². The molecule has 0 radical (unpaired) electrons. The van der Waals surface area contributed by atoms with E-state index in [2.05, 4.69) is 20.4 Å². The van der Waals surface area contributed by atoms with Crippen molar-refractivity contribution in [3.8, 4) is 5.75 Å². The molecule has 1 atom stereocenters. The van der Waals surface area contributed by atoms with Crippen molar-refractivity contribution in [1.82, 2.24) is 34.0 Å². The highest BCUT2D eigenvalue weighted by Gasteiger charge is 2.39. The van der Waals surface area contributed by atoms with E-state index in [-0.39, 0.29) is 65.4 Å². The van der Waals surface area contributed by atoms with Crippen LogP contribution < -0.4 is 15.8 Å². The number of carbonyl (C=O) groups excluding carboxylic acids is 2. The number of anilines is 2. The molecule has 3 aromatic heterocycles. The monoisotopic (exact) mass is 739 g/mol. The lowest BCUT2D eigenvalue weighted by Crippen LogP contribution is -2.56. The SMILES string of the molecule is BC(B)(C(=O)Nc1ccc(C(F)(F)F)cc1Cl)n1c(CC)c(N2CCN(C(=O)c3ncnc(C)c3O)[C@H](C)C2)c(=O)n2nc(C3=CCOCC3)nc12. The van der Waals surface area contributed by atoms with Crippen LogP contribution in [0.25, 0.3) is 11.4 Å². The Morgan fingerprint density at radius 3 is 2.58 bits per heavy atom. The first-order valence-electron chi connectivity index (χ1n) is 16.6. The highest BCUT2D eigenvalue weighted by atomic mass is 35.5. The smallest absolute Gasteiger partial charge is 0.416 e. The van der Waals surface area contributed by atoms with Crippen LogP contribution in [0.4, 0.5) is 24.5 Å². The predicted molar refractivity (Wildman–Crippen MR) is 191 cm³/mol. The molecule has 20 heteroatoms. The van der Waals surface area contributed by atoms with E-state index in [1.807, 2.05) is 24.8 Å². The number of piperazine rings is 1. The zero-order valence-corrected chi connectivity index (χ0v) is 29.8. The maximum absolute atomic E-state index is 14.4. The molecule has 2 aliphatic heterocycles. The third kappa shape index (κ3) is 6.62. The molecule has 0 unspecified atom stereocenters. The molecular weight excluding hydrogens is 704 g/mol. The number of nitrogens with one attached hydrogen (secondary N) is 1. The van der Waals surface area contributed by atoms with Crippen molar-refractivity contribution in [3.63, 3.8) is 0 Å². The lowest BCUT2D eigenvalue weighted by Gasteiger charge is -2.42. The van der Waals surface area contributed by atoms with Gasteiger partial charge in [0.1, 0.15) is 27.7 Å². The number of carbonyl (C=O) groups is 2. The number of alkyl halides is 3. The van der Waals surface area contributed by atoms with Gasteiger partial charge in [-0.1, -0.05) is 24.6 Å². The van der Waals surface area contributed by atoms with Gasteiger partial charge in [0, 0.05) is 31.4 Å². The number of aromatic hydroxyl groups is 1. The number of aryl methyl sites for hydroxylation is 1. The Morgan fingerprint density at radius 2 is 1.94 bits per heavy atom. The van der Waals surface area contributed by atoms with Crippen LogP contribution in [-0.4, -0.2) is 106 Å². The Morgan fingerprint density at radius 1 is 1.19 bits per heavy atom. The predicted octanol–water partition coefficient (Wildman–Crippen LogP) is 1.60. The second kappa shape index (κ2) is 13.9. The molecular formula is C32H35B2ClF3N9O5. The average Bonchev–Trinajstić information content (AvgIpc) is 3.55. The first-order valence-corrected chi connectivity index (χ1v) is 17.0. The quantitative estimate of drug-likeness (QED) is 0.267. The molecule has 1 saturated heterocycles. The number of amides is 2. The fourth-order valence-corrected chi connectivity index (χ4v) is 6.75. The van der Waals surface area contributed by atoms with E-state index < -0.39 is 40.5 Å². The second-order valence-electron chi connectivity index (χ2n) is 13.1. The largest absolute Gasteiger partial charge is 0.504 e. The molecule has 14 nitrogen and oxygen atoms in total. The summed E-state index contributed by atoms with van der Waals surface area (Å²) in [4.78, 5) is 58.2. The summed E-state index contributed by atoms with van der Waals surface area (Å²) in [6.45, 7) is 6.59. The van der Waals surface area contributed by atoms with Gasteiger partial charge in [-0.15, -0.1) is 5.10 Å². The van der Waals surface area contributed by atoms with E-state index >= 15 is 0 Å². The van der Waals surface area contributed by atoms with Crippen molar-refractivity contribution >= 4 is 61.8 Å². The summed E-state index contributed by atoms with van der Waals surface area (Å²) in [5.74, 6) is -1.05. The van der Waals surface area contributed by atoms with Crippen molar-refractivity contribution < 1.29 is 32.6 Å². The third-order valence-corrected chi connectivity index (χ3v) is 9.70. The Hall–Kier alpha value is -4.90. The lowest BCUT2D eigenvalue weighted by molar-refractivity contribution is -0.137. The molecule has 0 saturated carbocycles. The normalized spacial score (nSPS) is 17.0. The standard InChI is InChI=1S/C32H35B2ClF3N9O5/c1-4-22-24(44-9-10-45(16(2)14-44)27(49)23-25(48)17(3)39-15-40-23)28(50)47-30(42-26(43-47)18-7-11-52-12-8-18)46(22)31(33,34)29(51)41-21-6-5-19(13-20(21)35)32(36,37)38/h5-7,13,15-16,48H,4,8-12,14,33-34H2,1-3H3,(H,41,51)/t16-/m1/s1. The van der Waals surface area contributed by atoms with Gasteiger partial charge in [-0.05, 0) is 50.5 Å². The molecule has 2 N–H and O–H groups in total. The van der Waals surface area contributed by atoms with E-state index in [1.165, 1.54) is 6.33 Å².